The first kappa shape index (κ1) is 17.9. The van der Waals surface area contributed by atoms with Crippen LogP contribution in [0.3, 0.4) is 0 Å². The summed E-state index contributed by atoms with van der Waals surface area (Å²) >= 11 is 12.1. The van der Waals surface area contributed by atoms with Gasteiger partial charge in [0, 0.05) is 24.7 Å². The van der Waals surface area contributed by atoms with E-state index in [2.05, 4.69) is 5.32 Å². The highest BCUT2D eigenvalue weighted by Crippen LogP contribution is 2.36. The van der Waals surface area contributed by atoms with Crippen LogP contribution in [0.2, 0.25) is 10.0 Å². The zero-order valence-electron chi connectivity index (χ0n) is 14.2. The van der Waals surface area contributed by atoms with Crippen LogP contribution in [0.5, 0.6) is 11.5 Å². The molecule has 1 N–H and O–H groups in total. The summed E-state index contributed by atoms with van der Waals surface area (Å²) in [5.74, 6) is 0.379. The van der Waals surface area contributed by atoms with Crippen molar-refractivity contribution in [2.75, 3.05) is 30.0 Å². The first-order valence-corrected chi connectivity index (χ1v) is 9.23. The molecule has 0 bridgehead atoms. The molecule has 2 aromatic rings. The molecule has 1 atom stereocenters. The van der Waals surface area contributed by atoms with Gasteiger partial charge in [0.05, 0.1) is 21.7 Å². The van der Waals surface area contributed by atoms with E-state index < -0.39 is 5.92 Å². The number of hydrogen-bond donors (Lipinski definition) is 1. The van der Waals surface area contributed by atoms with Crippen LogP contribution in [0.15, 0.2) is 36.4 Å². The molecule has 2 aliphatic rings. The second-order valence-corrected chi connectivity index (χ2v) is 7.11. The SMILES string of the molecule is O=C(Nc1cccc(Cl)c1Cl)C1CC(=O)N(c2ccc3c(c2)OCCO3)C1. The molecular formula is C19H16Cl2N2O4. The van der Waals surface area contributed by atoms with Gasteiger partial charge in [-0.1, -0.05) is 29.3 Å². The summed E-state index contributed by atoms with van der Waals surface area (Å²) in [4.78, 5) is 26.6. The third-order valence-corrected chi connectivity index (χ3v) is 5.36. The minimum absolute atomic E-state index is 0.121. The third-order valence-electron chi connectivity index (χ3n) is 4.54. The van der Waals surface area contributed by atoms with Crippen LogP contribution in [0.25, 0.3) is 0 Å². The zero-order chi connectivity index (χ0) is 19.0. The Bertz CT molecular complexity index is 919. The second kappa shape index (κ2) is 7.29. The van der Waals surface area contributed by atoms with Crippen molar-refractivity contribution in [3.05, 3.63) is 46.4 Å². The van der Waals surface area contributed by atoms with Gasteiger partial charge in [-0.15, -0.1) is 0 Å². The van der Waals surface area contributed by atoms with Gasteiger partial charge in [-0.2, -0.15) is 0 Å². The van der Waals surface area contributed by atoms with Crippen molar-refractivity contribution in [2.45, 2.75) is 6.42 Å². The van der Waals surface area contributed by atoms with E-state index in [9.17, 15) is 9.59 Å². The van der Waals surface area contributed by atoms with Crippen LogP contribution in [0.1, 0.15) is 6.42 Å². The van der Waals surface area contributed by atoms with Crippen LogP contribution in [0.4, 0.5) is 11.4 Å². The Hall–Kier alpha value is -2.44. The topological polar surface area (TPSA) is 67.9 Å². The monoisotopic (exact) mass is 406 g/mol. The van der Waals surface area contributed by atoms with Gasteiger partial charge >= 0.3 is 0 Å². The second-order valence-electron chi connectivity index (χ2n) is 6.32. The number of rotatable bonds is 3. The van der Waals surface area contributed by atoms with Crippen LogP contribution in [-0.4, -0.2) is 31.6 Å². The summed E-state index contributed by atoms with van der Waals surface area (Å²) in [5, 5.41) is 3.39. The Morgan fingerprint density at radius 2 is 1.89 bits per heavy atom. The van der Waals surface area contributed by atoms with Crippen LogP contribution in [0, 0.1) is 5.92 Å². The first-order valence-electron chi connectivity index (χ1n) is 8.48. The van der Waals surface area contributed by atoms with Crippen LogP contribution >= 0.6 is 23.2 Å². The molecule has 2 heterocycles. The predicted octanol–water partition coefficient (Wildman–Crippen LogP) is 3.76. The number of carbonyl (C=O) groups is 2. The minimum atomic E-state index is -0.485. The Kier molecular flexibility index (Phi) is 4.85. The van der Waals surface area contributed by atoms with E-state index in [0.717, 1.165) is 0 Å². The van der Waals surface area contributed by atoms with Gasteiger partial charge in [0.1, 0.15) is 13.2 Å². The molecule has 6 nitrogen and oxygen atoms in total. The quantitative estimate of drug-likeness (QED) is 0.842. The Labute approximate surface area is 165 Å². The molecule has 0 spiro atoms. The van der Waals surface area contributed by atoms with Gasteiger partial charge in [-0.05, 0) is 24.3 Å². The van der Waals surface area contributed by atoms with E-state index in [1.54, 1.807) is 41.3 Å². The molecule has 2 amide bonds. The van der Waals surface area contributed by atoms with Crippen molar-refractivity contribution >= 4 is 46.4 Å². The third kappa shape index (κ3) is 3.55. The number of hydrogen-bond acceptors (Lipinski definition) is 4. The minimum Gasteiger partial charge on any atom is -0.486 e. The average molecular weight is 407 g/mol. The molecule has 0 aliphatic carbocycles. The Morgan fingerprint density at radius 3 is 2.70 bits per heavy atom. The summed E-state index contributed by atoms with van der Waals surface area (Å²) in [6.07, 6.45) is 0.123. The van der Waals surface area contributed by atoms with Crippen molar-refractivity contribution in [3.8, 4) is 11.5 Å². The lowest BCUT2D eigenvalue weighted by atomic mass is 10.1. The van der Waals surface area contributed by atoms with E-state index >= 15 is 0 Å². The summed E-state index contributed by atoms with van der Waals surface area (Å²) < 4.78 is 11.1. The molecular weight excluding hydrogens is 391 g/mol. The summed E-state index contributed by atoms with van der Waals surface area (Å²) in [6.45, 7) is 1.25. The first-order chi connectivity index (χ1) is 13.0. The molecule has 4 rings (SSSR count). The number of halogens is 2. The van der Waals surface area contributed by atoms with Gasteiger partial charge < -0.3 is 19.7 Å². The van der Waals surface area contributed by atoms with Crippen LogP contribution in [-0.2, 0) is 9.59 Å². The normalized spacial score (nSPS) is 18.5. The maximum absolute atomic E-state index is 12.6. The highest BCUT2D eigenvalue weighted by atomic mass is 35.5. The zero-order valence-corrected chi connectivity index (χ0v) is 15.7. The van der Waals surface area contributed by atoms with E-state index in [0.29, 0.717) is 41.1 Å². The molecule has 27 heavy (non-hydrogen) atoms. The molecule has 2 aromatic carbocycles. The molecule has 140 valence electrons. The number of ether oxygens (including phenoxy) is 2. The van der Waals surface area contributed by atoms with E-state index in [1.165, 1.54) is 0 Å². The number of carbonyl (C=O) groups excluding carboxylic acids is 2. The number of fused-ring (bicyclic) bond motifs is 1. The summed E-state index contributed by atoms with van der Waals surface area (Å²) in [5.41, 5.74) is 1.11. The van der Waals surface area contributed by atoms with Crippen molar-refractivity contribution in [3.63, 3.8) is 0 Å². The Balaban J connectivity index is 1.49. The predicted molar refractivity (Wildman–Crippen MR) is 103 cm³/mol. The number of anilines is 2. The van der Waals surface area contributed by atoms with Gasteiger partial charge in [0.25, 0.3) is 0 Å². The van der Waals surface area contributed by atoms with Crippen molar-refractivity contribution in [1.29, 1.82) is 0 Å². The van der Waals surface area contributed by atoms with Gasteiger partial charge in [-0.3, -0.25) is 9.59 Å². The molecule has 0 saturated carbocycles. The number of benzene rings is 2. The lowest BCUT2D eigenvalue weighted by Gasteiger charge is -2.22. The van der Waals surface area contributed by atoms with Gasteiger partial charge in [0.15, 0.2) is 11.5 Å². The fourth-order valence-corrected chi connectivity index (χ4v) is 3.52. The van der Waals surface area contributed by atoms with Crippen LogP contribution < -0.4 is 19.7 Å². The smallest absolute Gasteiger partial charge is 0.229 e. The van der Waals surface area contributed by atoms with E-state index in [4.69, 9.17) is 32.7 Å². The van der Waals surface area contributed by atoms with Gasteiger partial charge in [-0.25, -0.2) is 0 Å². The van der Waals surface area contributed by atoms with Crippen molar-refractivity contribution < 1.29 is 19.1 Å². The molecule has 1 fully saturated rings. The average Bonchev–Trinajstić information content (AvgIpc) is 3.07. The molecule has 8 heteroatoms. The highest BCUT2D eigenvalue weighted by molar-refractivity contribution is 6.44. The maximum atomic E-state index is 12.6. The standard InChI is InChI=1S/C19H16Cl2N2O4/c20-13-2-1-3-14(18(13)21)22-19(25)11-8-17(24)23(10-11)12-4-5-15-16(9-12)27-7-6-26-15/h1-5,9,11H,6-8,10H2,(H,22,25). The fourth-order valence-electron chi connectivity index (χ4n) is 3.17. The number of amides is 2. The summed E-state index contributed by atoms with van der Waals surface area (Å²) in [7, 11) is 0. The lowest BCUT2D eigenvalue weighted by molar-refractivity contribution is -0.122. The molecule has 2 aliphatic heterocycles. The number of nitrogens with one attached hydrogen (secondary N) is 1. The van der Waals surface area contributed by atoms with Gasteiger partial charge in [0.2, 0.25) is 11.8 Å². The fraction of sp³-hybridized carbons (Fsp3) is 0.263. The molecule has 0 radical (unpaired) electrons. The molecule has 1 saturated heterocycles. The van der Waals surface area contributed by atoms with E-state index in [1.807, 2.05) is 0 Å². The largest absolute Gasteiger partial charge is 0.486 e. The summed E-state index contributed by atoms with van der Waals surface area (Å²) in [6, 6.07) is 10.3. The molecule has 1 unspecified atom stereocenters. The van der Waals surface area contributed by atoms with E-state index in [-0.39, 0.29) is 29.8 Å². The lowest BCUT2D eigenvalue weighted by Crippen LogP contribution is -2.28. The maximum Gasteiger partial charge on any atom is 0.229 e. The van der Waals surface area contributed by atoms with Crippen molar-refractivity contribution in [2.24, 2.45) is 5.92 Å². The van der Waals surface area contributed by atoms with Crippen molar-refractivity contribution in [1.82, 2.24) is 0 Å². The Morgan fingerprint density at radius 1 is 1.11 bits per heavy atom. The molecule has 0 aromatic heterocycles. The highest BCUT2D eigenvalue weighted by Gasteiger charge is 2.35. The number of nitrogens with zero attached hydrogens (tertiary/aromatic N) is 1.